The summed E-state index contributed by atoms with van der Waals surface area (Å²) in [5, 5.41) is 0. The first-order chi connectivity index (χ1) is 5.65. The zero-order valence-corrected chi connectivity index (χ0v) is 8.27. The summed E-state index contributed by atoms with van der Waals surface area (Å²) in [6.07, 6.45) is 7.37. The molecule has 0 aromatic carbocycles. The molecule has 68 valence electrons. The highest BCUT2D eigenvalue weighted by molar-refractivity contribution is 5.16. The number of rotatable bonds is 0. The van der Waals surface area contributed by atoms with Gasteiger partial charge in [-0.05, 0) is 58.4 Å². The first-order valence-corrected chi connectivity index (χ1v) is 5.43. The molecule has 3 unspecified atom stereocenters. The highest BCUT2D eigenvalue weighted by Gasteiger charge is 2.60. The number of hydrogen-bond donors (Lipinski definition) is 0. The highest BCUT2D eigenvalue weighted by Crippen LogP contribution is 2.59. The van der Waals surface area contributed by atoms with E-state index >= 15 is 0 Å². The van der Waals surface area contributed by atoms with Crippen LogP contribution in [-0.4, -0.2) is 22.5 Å². The maximum Gasteiger partial charge on any atom is 0.0216 e. The lowest BCUT2D eigenvalue weighted by Gasteiger charge is -2.44. The Balaban J connectivity index is 2.05. The average molecular weight is 165 g/mol. The molecule has 0 amide bonds. The highest BCUT2D eigenvalue weighted by atomic mass is 15.3. The molecule has 2 heterocycles. The minimum Gasteiger partial charge on any atom is -0.292 e. The SMILES string of the molecule is CC12CCC(C1)C1(C)CCCN21. The summed E-state index contributed by atoms with van der Waals surface area (Å²) in [6.45, 7) is 6.38. The number of nitrogens with zero attached hydrogens (tertiary/aromatic N) is 1. The number of hydrogen-bond acceptors (Lipinski definition) is 1. The van der Waals surface area contributed by atoms with Crippen molar-refractivity contribution in [2.24, 2.45) is 5.92 Å². The van der Waals surface area contributed by atoms with Gasteiger partial charge in [0.25, 0.3) is 0 Å². The zero-order valence-electron chi connectivity index (χ0n) is 8.27. The van der Waals surface area contributed by atoms with Crippen molar-refractivity contribution in [3.63, 3.8) is 0 Å². The van der Waals surface area contributed by atoms with Gasteiger partial charge in [0, 0.05) is 11.1 Å². The lowest BCUT2D eigenvalue weighted by atomic mass is 9.84. The van der Waals surface area contributed by atoms with Crippen LogP contribution >= 0.6 is 0 Å². The third kappa shape index (κ3) is 0.618. The maximum absolute atomic E-state index is 2.83. The van der Waals surface area contributed by atoms with Crippen molar-refractivity contribution < 1.29 is 0 Å². The fourth-order valence-corrected chi connectivity index (χ4v) is 4.29. The largest absolute Gasteiger partial charge is 0.292 e. The second-order valence-electron chi connectivity index (χ2n) is 5.55. The average Bonchev–Trinajstić information content (AvgIpc) is 2.58. The standard InChI is InChI=1S/C11H19N/c1-10-6-4-9(8-10)11(2)5-3-7-12(10)11/h9H,3-8H2,1-2H3. The first kappa shape index (κ1) is 7.37. The molecule has 0 spiro atoms. The van der Waals surface area contributed by atoms with Gasteiger partial charge < -0.3 is 0 Å². The van der Waals surface area contributed by atoms with E-state index in [1.54, 1.807) is 0 Å². The Kier molecular flexibility index (Phi) is 1.16. The topological polar surface area (TPSA) is 3.24 Å². The van der Waals surface area contributed by atoms with E-state index in [2.05, 4.69) is 18.7 Å². The molecule has 1 nitrogen and oxygen atoms in total. The van der Waals surface area contributed by atoms with E-state index in [1.165, 1.54) is 38.6 Å². The predicted molar refractivity (Wildman–Crippen MR) is 50.1 cm³/mol. The van der Waals surface area contributed by atoms with Crippen LogP contribution in [0.2, 0.25) is 0 Å². The molecule has 2 saturated heterocycles. The van der Waals surface area contributed by atoms with Crippen molar-refractivity contribution in [2.75, 3.05) is 6.54 Å². The molecular formula is C11H19N. The van der Waals surface area contributed by atoms with Crippen LogP contribution in [0.25, 0.3) is 0 Å². The van der Waals surface area contributed by atoms with Crippen LogP contribution in [0.15, 0.2) is 0 Å². The molecule has 0 aromatic heterocycles. The summed E-state index contributed by atoms with van der Waals surface area (Å²) in [5.41, 5.74) is 1.23. The number of piperidine rings is 1. The van der Waals surface area contributed by atoms with Gasteiger partial charge in [-0.15, -0.1) is 0 Å². The summed E-state index contributed by atoms with van der Waals surface area (Å²) in [5.74, 6) is 1.03. The van der Waals surface area contributed by atoms with Gasteiger partial charge in [0.1, 0.15) is 0 Å². The predicted octanol–water partition coefficient (Wildman–Crippen LogP) is 2.41. The van der Waals surface area contributed by atoms with Crippen LogP contribution < -0.4 is 0 Å². The van der Waals surface area contributed by atoms with Crippen LogP contribution in [-0.2, 0) is 0 Å². The van der Waals surface area contributed by atoms with Gasteiger partial charge in [0.05, 0.1) is 0 Å². The molecule has 12 heavy (non-hydrogen) atoms. The van der Waals surface area contributed by atoms with Gasteiger partial charge in [-0.25, -0.2) is 0 Å². The quantitative estimate of drug-likeness (QED) is 0.533. The lowest BCUT2D eigenvalue weighted by molar-refractivity contribution is 0.0491. The summed E-state index contributed by atoms with van der Waals surface area (Å²) in [6, 6.07) is 0. The molecule has 3 atom stereocenters. The first-order valence-electron chi connectivity index (χ1n) is 5.43. The van der Waals surface area contributed by atoms with Gasteiger partial charge in [-0.3, -0.25) is 4.90 Å². The Hall–Kier alpha value is -0.0400. The van der Waals surface area contributed by atoms with Crippen LogP contribution in [0.1, 0.15) is 46.0 Å². The second kappa shape index (κ2) is 1.89. The molecule has 1 saturated carbocycles. The fraction of sp³-hybridized carbons (Fsp3) is 1.00. The van der Waals surface area contributed by atoms with Gasteiger partial charge >= 0.3 is 0 Å². The molecule has 3 rings (SSSR count). The van der Waals surface area contributed by atoms with Crippen LogP contribution in [0.5, 0.6) is 0 Å². The minimum atomic E-state index is 0.607. The lowest BCUT2D eigenvalue weighted by Crippen LogP contribution is -2.51. The van der Waals surface area contributed by atoms with Crippen LogP contribution in [0, 0.1) is 5.92 Å². The Bertz CT molecular complexity index is 225. The normalized spacial score (nSPS) is 58.0. The van der Waals surface area contributed by atoms with Crippen molar-refractivity contribution >= 4 is 0 Å². The molecule has 0 radical (unpaired) electrons. The Morgan fingerprint density at radius 3 is 2.83 bits per heavy atom. The third-order valence-electron chi connectivity index (χ3n) is 4.93. The van der Waals surface area contributed by atoms with Crippen molar-refractivity contribution in [3.05, 3.63) is 0 Å². The molecule has 3 fully saturated rings. The van der Waals surface area contributed by atoms with Gasteiger partial charge in [-0.2, -0.15) is 0 Å². The molecule has 1 heteroatoms. The van der Waals surface area contributed by atoms with E-state index in [0.29, 0.717) is 11.1 Å². The van der Waals surface area contributed by atoms with Crippen molar-refractivity contribution in [1.29, 1.82) is 0 Å². The molecular weight excluding hydrogens is 146 g/mol. The van der Waals surface area contributed by atoms with Crippen molar-refractivity contribution in [1.82, 2.24) is 4.90 Å². The van der Waals surface area contributed by atoms with Gasteiger partial charge in [0.15, 0.2) is 0 Å². The van der Waals surface area contributed by atoms with Gasteiger partial charge in [-0.1, -0.05) is 0 Å². The summed E-state index contributed by atoms with van der Waals surface area (Å²) >= 11 is 0. The maximum atomic E-state index is 2.83. The summed E-state index contributed by atoms with van der Waals surface area (Å²) < 4.78 is 0. The number of fused-ring (bicyclic) bond motifs is 5. The van der Waals surface area contributed by atoms with Crippen molar-refractivity contribution in [3.8, 4) is 0 Å². The molecule has 3 aliphatic rings. The molecule has 1 aliphatic carbocycles. The molecule has 0 N–H and O–H groups in total. The van der Waals surface area contributed by atoms with E-state index in [-0.39, 0.29) is 0 Å². The molecule has 2 bridgehead atoms. The minimum absolute atomic E-state index is 0.607. The second-order valence-corrected chi connectivity index (χ2v) is 5.55. The van der Waals surface area contributed by atoms with E-state index < -0.39 is 0 Å². The zero-order chi connectivity index (χ0) is 8.40. The van der Waals surface area contributed by atoms with Crippen molar-refractivity contribution in [2.45, 2.75) is 57.0 Å². The van der Waals surface area contributed by atoms with E-state index in [4.69, 9.17) is 0 Å². The monoisotopic (exact) mass is 165 g/mol. The summed E-state index contributed by atoms with van der Waals surface area (Å²) in [4.78, 5) is 2.83. The third-order valence-corrected chi connectivity index (χ3v) is 4.93. The Morgan fingerprint density at radius 2 is 2.08 bits per heavy atom. The van der Waals surface area contributed by atoms with E-state index in [0.717, 1.165) is 5.92 Å². The van der Waals surface area contributed by atoms with E-state index in [9.17, 15) is 0 Å². The fourth-order valence-electron chi connectivity index (χ4n) is 4.29. The smallest absolute Gasteiger partial charge is 0.0216 e. The molecule has 2 aliphatic heterocycles. The van der Waals surface area contributed by atoms with Gasteiger partial charge in [0.2, 0.25) is 0 Å². The summed E-state index contributed by atoms with van der Waals surface area (Å²) in [7, 11) is 0. The van der Waals surface area contributed by atoms with E-state index in [1.807, 2.05) is 0 Å². The molecule has 0 aromatic rings. The Labute approximate surface area is 75.1 Å². The van der Waals surface area contributed by atoms with Crippen LogP contribution in [0.4, 0.5) is 0 Å². The Morgan fingerprint density at radius 1 is 1.25 bits per heavy atom. The van der Waals surface area contributed by atoms with Crippen LogP contribution in [0.3, 0.4) is 0 Å².